The van der Waals surface area contributed by atoms with Crippen molar-refractivity contribution in [3.05, 3.63) is 0 Å². The van der Waals surface area contributed by atoms with Crippen LogP contribution in [-0.2, 0) is 19.0 Å². The first-order valence-electron chi connectivity index (χ1n) is 5.17. The third kappa shape index (κ3) is 5.74. The summed E-state index contributed by atoms with van der Waals surface area (Å²) in [5.74, 6) is -0.371. The molecule has 0 aromatic carbocycles. The van der Waals surface area contributed by atoms with E-state index in [2.05, 4.69) is 0 Å². The molecule has 4 heteroatoms. The Morgan fingerprint density at radius 2 is 1.80 bits per heavy atom. The molecule has 0 aromatic heterocycles. The standard InChI is InChI=1S/C11H22O4/c1-8(2)15-9(3)7-14-10(12)11(4,5)13-6/h8-9H,7H2,1-6H3. The van der Waals surface area contributed by atoms with Crippen LogP contribution >= 0.6 is 0 Å². The summed E-state index contributed by atoms with van der Waals surface area (Å²) in [6.07, 6.45) is 0.0377. The fourth-order valence-electron chi connectivity index (χ4n) is 0.954. The normalized spacial score (nSPS) is 14.1. The summed E-state index contributed by atoms with van der Waals surface area (Å²) in [6, 6.07) is 0. The molecule has 0 aromatic rings. The van der Waals surface area contributed by atoms with Crippen LogP contribution in [0.4, 0.5) is 0 Å². The third-order valence-electron chi connectivity index (χ3n) is 1.96. The molecule has 0 spiro atoms. The highest BCUT2D eigenvalue weighted by Crippen LogP contribution is 2.10. The molecule has 4 nitrogen and oxygen atoms in total. The van der Waals surface area contributed by atoms with Gasteiger partial charge in [0.1, 0.15) is 6.61 Å². The van der Waals surface area contributed by atoms with E-state index in [0.717, 1.165) is 0 Å². The molecule has 0 aliphatic heterocycles. The number of rotatable bonds is 6. The summed E-state index contributed by atoms with van der Waals surface area (Å²) in [7, 11) is 1.48. The Labute approximate surface area is 91.9 Å². The summed E-state index contributed by atoms with van der Waals surface area (Å²) < 4.78 is 15.5. The third-order valence-corrected chi connectivity index (χ3v) is 1.96. The highest BCUT2D eigenvalue weighted by molar-refractivity contribution is 5.78. The average Bonchev–Trinajstić information content (AvgIpc) is 2.13. The number of carbonyl (C=O) groups is 1. The summed E-state index contributed by atoms with van der Waals surface area (Å²) in [5.41, 5.74) is -0.891. The van der Waals surface area contributed by atoms with Gasteiger partial charge in [-0.3, -0.25) is 0 Å². The summed E-state index contributed by atoms with van der Waals surface area (Å²) in [4.78, 5) is 11.5. The van der Waals surface area contributed by atoms with Gasteiger partial charge in [-0.1, -0.05) is 0 Å². The second kappa shape index (κ2) is 6.08. The zero-order valence-corrected chi connectivity index (χ0v) is 10.5. The van der Waals surface area contributed by atoms with Crippen LogP contribution in [0, 0.1) is 0 Å². The lowest BCUT2D eigenvalue weighted by molar-refractivity contribution is -0.169. The van der Waals surface area contributed by atoms with Crippen LogP contribution in [0.15, 0.2) is 0 Å². The molecule has 0 bridgehead atoms. The number of ether oxygens (including phenoxy) is 3. The maximum absolute atomic E-state index is 11.5. The lowest BCUT2D eigenvalue weighted by Gasteiger charge is -2.22. The number of hydrogen-bond acceptors (Lipinski definition) is 4. The lowest BCUT2D eigenvalue weighted by atomic mass is 10.1. The van der Waals surface area contributed by atoms with E-state index in [1.54, 1.807) is 13.8 Å². The van der Waals surface area contributed by atoms with E-state index in [-0.39, 0.29) is 24.8 Å². The van der Waals surface area contributed by atoms with E-state index in [4.69, 9.17) is 14.2 Å². The van der Waals surface area contributed by atoms with Crippen molar-refractivity contribution in [2.75, 3.05) is 13.7 Å². The first kappa shape index (κ1) is 14.4. The summed E-state index contributed by atoms with van der Waals surface area (Å²) in [5, 5.41) is 0. The Morgan fingerprint density at radius 1 is 1.27 bits per heavy atom. The molecule has 0 radical (unpaired) electrons. The molecule has 0 saturated heterocycles. The Morgan fingerprint density at radius 3 is 2.20 bits per heavy atom. The van der Waals surface area contributed by atoms with Gasteiger partial charge in [0.05, 0.1) is 12.2 Å². The number of carbonyl (C=O) groups excluding carboxylic acids is 1. The topological polar surface area (TPSA) is 44.8 Å². The van der Waals surface area contributed by atoms with Gasteiger partial charge in [-0.15, -0.1) is 0 Å². The average molecular weight is 218 g/mol. The van der Waals surface area contributed by atoms with Crippen molar-refractivity contribution >= 4 is 5.97 Å². The quantitative estimate of drug-likeness (QED) is 0.637. The van der Waals surface area contributed by atoms with Gasteiger partial charge in [0.15, 0.2) is 5.60 Å². The molecule has 0 amide bonds. The van der Waals surface area contributed by atoms with Crippen LogP contribution in [0.5, 0.6) is 0 Å². The van der Waals surface area contributed by atoms with E-state index < -0.39 is 5.60 Å². The smallest absolute Gasteiger partial charge is 0.337 e. The second-order valence-corrected chi connectivity index (χ2v) is 4.31. The van der Waals surface area contributed by atoms with Crippen LogP contribution in [0.25, 0.3) is 0 Å². The van der Waals surface area contributed by atoms with E-state index in [1.807, 2.05) is 20.8 Å². The van der Waals surface area contributed by atoms with Gasteiger partial charge in [-0.05, 0) is 34.6 Å². The first-order chi connectivity index (χ1) is 6.79. The lowest BCUT2D eigenvalue weighted by Crippen LogP contribution is -2.37. The number of esters is 1. The highest BCUT2D eigenvalue weighted by Gasteiger charge is 2.29. The Kier molecular flexibility index (Phi) is 5.83. The zero-order chi connectivity index (χ0) is 12.1. The molecule has 15 heavy (non-hydrogen) atoms. The highest BCUT2D eigenvalue weighted by atomic mass is 16.6. The van der Waals surface area contributed by atoms with Gasteiger partial charge in [-0.2, -0.15) is 0 Å². The molecule has 0 heterocycles. The molecule has 0 rings (SSSR count). The molecule has 1 atom stereocenters. The molecule has 1 unspecified atom stereocenters. The Bertz CT molecular complexity index is 199. The van der Waals surface area contributed by atoms with Crippen molar-refractivity contribution in [2.45, 2.75) is 52.4 Å². The Balaban J connectivity index is 3.90. The molecular weight excluding hydrogens is 196 g/mol. The second-order valence-electron chi connectivity index (χ2n) is 4.31. The molecule has 0 saturated carbocycles. The maximum Gasteiger partial charge on any atom is 0.337 e. The molecule has 90 valence electrons. The molecular formula is C11H22O4. The minimum absolute atomic E-state index is 0.0957. The minimum Gasteiger partial charge on any atom is -0.461 e. The van der Waals surface area contributed by atoms with Crippen LogP contribution in [0.1, 0.15) is 34.6 Å². The fourth-order valence-corrected chi connectivity index (χ4v) is 0.954. The van der Waals surface area contributed by atoms with E-state index in [0.29, 0.717) is 0 Å². The van der Waals surface area contributed by atoms with Gasteiger partial charge in [0.25, 0.3) is 0 Å². The summed E-state index contributed by atoms with van der Waals surface area (Å²) >= 11 is 0. The van der Waals surface area contributed by atoms with Crippen molar-refractivity contribution in [3.63, 3.8) is 0 Å². The molecule has 0 aliphatic rings. The largest absolute Gasteiger partial charge is 0.461 e. The van der Waals surface area contributed by atoms with E-state index in [1.165, 1.54) is 7.11 Å². The van der Waals surface area contributed by atoms with Gasteiger partial charge < -0.3 is 14.2 Å². The monoisotopic (exact) mass is 218 g/mol. The molecule has 0 fully saturated rings. The van der Waals surface area contributed by atoms with Crippen molar-refractivity contribution in [3.8, 4) is 0 Å². The van der Waals surface area contributed by atoms with Crippen molar-refractivity contribution in [1.29, 1.82) is 0 Å². The molecule has 0 N–H and O–H groups in total. The van der Waals surface area contributed by atoms with Gasteiger partial charge in [0.2, 0.25) is 0 Å². The minimum atomic E-state index is -0.891. The van der Waals surface area contributed by atoms with E-state index >= 15 is 0 Å². The predicted octanol–water partition coefficient (Wildman–Crippen LogP) is 1.77. The van der Waals surface area contributed by atoms with Crippen molar-refractivity contribution < 1.29 is 19.0 Å². The summed E-state index contributed by atoms with van der Waals surface area (Å²) in [6.45, 7) is 9.35. The molecule has 0 aliphatic carbocycles. The van der Waals surface area contributed by atoms with E-state index in [9.17, 15) is 4.79 Å². The van der Waals surface area contributed by atoms with Crippen LogP contribution in [-0.4, -0.2) is 37.5 Å². The van der Waals surface area contributed by atoms with Gasteiger partial charge in [-0.25, -0.2) is 4.79 Å². The van der Waals surface area contributed by atoms with Gasteiger partial charge in [0, 0.05) is 7.11 Å². The maximum atomic E-state index is 11.5. The Hall–Kier alpha value is -0.610. The number of methoxy groups -OCH3 is 1. The fraction of sp³-hybridized carbons (Fsp3) is 0.909. The zero-order valence-electron chi connectivity index (χ0n) is 10.5. The van der Waals surface area contributed by atoms with Crippen molar-refractivity contribution in [1.82, 2.24) is 0 Å². The number of hydrogen-bond donors (Lipinski definition) is 0. The first-order valence-corrected chi connectivity index (χ1v) is 5.17. The van der Waals surface area contributed by atoms with Gasteiger partial charge >= 0.3 is 5.97 Å². The SMILES string of the molecule is COC(C)(C)C(=O)OCC(C)OC(C)C. The van der Waals surface area contributed by atoms with Crippen LogP contribution in [0.2, 0.25) is 0 Å². The van der Waals surface area contributed by atoms with Crippen molar-refractivity contribution in [2.24, 2.45) is 0 Å². The van der Waals surface area contributed by atoms with Crippen LogP contribution < -0.4 is 0 Å². The predicted molar refractivity (Wildman–Crippen MR) is 57.7 cm³/mol. The van der Waals surface area contributed by atoms with Crippen LogP contribution in [0.3, 0.4) is 0 Å².